The summed E-state index contributed by atoms with van der Waals surface area (Å²) in [5.41, 5.74) is 0. The van der Waals surface area contributed by atoms with Crippen molar-refractivity contribution < 1.29 is 0 Å². The van der Waals surface area contributed by atoms with Gasteiger partial charge in [-0.05, 0) is 37.8 Å². The fraction of sp³-hybridized carbons (Fsp3) is 0.692. The van der Waals surface area contributed by atoms with Crippen LogP contribution in [-0.4, -0.2) is 0 Å². The molecule has 0 nitrogen and oxygen atoms in total. The third kappa shape index (κ3) is 3.13. The van der Waals surface area contributed by atoms with Crippen molar-refractivity contribution in [1.29, 1.82) is 0 Å². The van der Waals surface area contributed by atoms with Crippen LogP contribution in [0.25, 0.3) is 0 Å². The van der Waals surface area contributed by atoms with Gasteiger partial charge >= 0.3 is 0 Å². The van der Waals surface area contributed by atoms with Crippen LogP contribution in [0.1, 0.15) is 54.7 Å². The van der Waals surface area contributed by atoms with Gasteiger partial charge in [0.25, 0.3) is 0 Å². The lowest BCUT2D eigenvalue weighted by Gasteiger charge is -2.03. The molecule has 0 amide bonds. The normalized spacial score (nSPS) is 19.7. The number of hydrogen-bond donors (Lipinski definition) is 0. The fourth-order valence-corrected chi connectivity index (χ4v) is 3.28. The molecule has 1 aliphatic heterocycles. The van der Waals surface area contributed by atoms with Crippen LogP contribution in [-0.2, 0) is 12.8 Å². The van der Waals surface area contributed by atoms with Crippen LogP contribution in [0, 0.1) is 0 Å². The largest absolute Gasteiger partial charge is 0.145 e. The summed E-state index contributed by atoms with van der Waals surface area (Å²) in [7, 11) is 0. The number of fused-ring (bicyclic) bond motifs is 2. The molecule has 2 rings (SSSR count). The maximum absolute atomic E-state index is 2.35. The topological polar surface area (TPSA) is 0 Å². The van der Waals surface area contributed by atoms with Crippen molar-refractivity contribution in [3.05, 3.63) is 21.9 Å². The highest BCUT2D eigenvalue weighted by Crippen LogP contribution is 2.22. The van der Waals surface area contributed by atoms with Gasteiger partial charge in [-0.25, -0.2) is 0 Å². The molecule has 1 aromatic rings. The predicted octanol–water partition coefficient (Wildman–Crippen LogP) is 4.58. The molecule has 0 N–H and O–H groups in total. The monoisotopic (exact) mass is 208 g/mol. The maximum atomic E-state index is 2.35. The van der Waals surface area contributed by atoms with Gasteiger partial charge in [-0.3, -0.25) is 0 Å². The zero-order valence-electron chi connectivity index (χ0n) is 8.93. The second-order valence-corrected chi connectivity index (χ2v) is 5.60. The van der Waals surface area contributed by atoms with E-state index >= 15 is 0 Å². The van der Waals surface area contributed by atoms with Gasteiger partial charge in [0.2, 0.25) is 0 Å². The number of aryl methyl sites for hydroxylation is 2. The van der Waals surface area contributed by atoms with Gasteiger partial charge in [0.1, 0.15) is 0 Å². The van der Waals surface area contributed by atoms with Crippen molar-refractivity contribution in [3.8, 4) is 0 Å². The Morgan fingerprint density at radius 2 is 1.07 bits per heavy atom. The number of hydrogen-bond acceptors (Lipinski definition) is 1. The standard InChI is InChI=1S/C13H20S/c1-2-4-6-8-12-10-11-13(14-12)9-7-5-3-1/h10-11H,1-9H2. The lowest BCUT2D eigenvalue weighted by Crippen LogP contribution is -1.86. The first-order chi connectivity index (χ1) is 6.95. The molecule has 14 heavy (non-hydrogen) atoms. The van der Waals surface area contributed by atoms with Gasteiger partial charge in [-0.2, -0.15) is 0 Å². The van der Waals surface area contributed by atoms with E-state index in [1.54, 1.807) is 9.75 Å². The Morgan fingerprint density at radius 1 is 0.643 bits per heavy atom. The van der Waals surface area contributed by atoms with Crippen molar-refractivity contribution in [2.45, 2.75) is 57.8 Å². The third-order valence-electron chi connectivity index (χ3n) is 3.06. The molecule has 2 heterocycles. The predicted molar refractivity (Wildman–Crippen MR) is 64.0 cm³/mol. The molecule has 0 unspecified atom stereocenters. The van der Waals surface area contributed by atoms with E-state index in [9.17, 15) is 0 Å². The summed E-state index contributed by atoms with van der Waals surface area (Å²) in [4.78, 5) is 3.22. The molecular weight excluding hydrogens is 188 g/mol. The van der Waals surface area contributed by atoms with Crippen LogP contribution in [0.4, 0.5) is 0 Å². The van der Waals surface area contributed by atoms with E-state index < -0.39 is 0 Å². The number of rotatable bonds is 0. The summed E-state index contributed by atoms with van der Waals surface area (Å²) < 4.78 is 0. The first kappa shape index (κ1) is 10.2. The Balaban J connectivity index is 1.93. The van der Waals surface area contributed by atoms with Crippen molar-refractivity contribution in [3.63, 3.8) is 0 Å². The zero-order valence-corrected chi connectivity index (χ0v) is 9.74. The molecule has 0 fully saturated rings. The van der Waals surface area contributed by atoms with Crippen molar-refractivity contribution >= 4 is 11.3 Å². The van der Waals surface area contributed by atoms with Gasteiger partial charge in [0, 0.05) is 9.75 Å². The molecule has 1 heteroatoms. The SMILES string of the molecule is c1cc2sc1CCCCCCCCC2. The second-order valence-electron chi connectivity index (χ2n) is 4.34. The summed E-state index contributed by atoms with van der Waals surface area (Å²) >= 11 is 2.05. The van der Waals surface area contributed by atoms with E-state index in [1.807, 2.05) is 11.3 Å². The van der Waals surface area contributed by atoms with Gasteiger partial charge in [-0.15, -0.1) is 11.3 Å². The summed E-state index contributed by atoms with van der Waals surface area (Å²) in [5.74, 6) is 0. The Labute approximate surface area is 91.4 Å². The molecule has 0 saturated carbocycles. The van der Waals surface area contributed by atoms with Crippen molar-refractivity contribution in [1.82, 2.24) is 0 Å². The molecule has 1 aromatic heterocycles. The van der Waals surface area contributed by atoms with E-state index in [1.165, 1.54) is 57.8 Å². The fourth-order valence-electron chi connectivity index (χ4n) is 2.17. The van der Waals surface area contributed by atoms with Gasteiger partial charge in [0.15, 0.2) is 0 Å². The molecule has 0 aliphatic carbocycles. The molecule has 2 bridgehead atoms. The molecule has 0 spiro atoms. The molecular formula is C13H20S. The highest BCUT2D eigenvalue weighted by molar-refractivity contribution is 7.11. The minimum absolute atomic E-state index is 1.32. The van der Waals surface area contributed by atoms with Crippen LogP contribution in [0.2, 0.25) is 0 Å². The summed E-state index contributed by atoms with van der Waals surface area (Å²) in [6.45, 7) is 0. The Bertz CT molecular complexity index is 237. The highest BCUT2D eigenvalue weighted by Gasteiger charge is 2.02. The second kappa shape index (κ2) is 5.55. The summed E-state index contributed by atoms with van der Waals surface area (Å²) in [5, 5.41) is 0. The third-order valence-corrected chi connectivity index (χ3v) is 4.27. The van der Waals surface area contributed by atoms with Gasteiger partial charge in [-0.1, -0.05) is 32.1 Å². The molecule has 0 radical (unpaired) electrons. The molecule has 78 valence electrons. The minimum Gasteiger partial charge on any atom is -0.145 e. The maximum Gasteiger partial charge on any atom is 0.00481 e. The first-order valence-corrected chi connectivity index (χ1v) is 6.84. The zero-order chi connectivity index (χ0) is 9.64. The van der Waals surface area contributed by atoms with E-state index in [2.05, 4.69) is 12.1 Å². The van der Waals surface area contributed by atoms with Crippen LogP contribution in [0.5, 0.6) is 0 Å². The van der Waals surface area contributed by atoms with Crippen LogP contribution < -0.4 is 0 Å². The highest BCUT2D eigenvalue weighted by atomic mass is 32.1. The lowest BCUT2D eigenvalue weighted by atomic mass is 10.1. The lowest BCUT2D eigenvalue weighted by molar-refractivity contribution is 0.580. The van der Waals surface area contributed by atoms with Gasteiger partial charge < -0.3 is 0 Å². The van der Waals surface area contributed by atoms with Crippen molar-refractivity contribution in [2.75, 3.05) is 0 Å². The smallest absolute Gasteiger partial charge is 0.00481 e. The van der Waals surface area contributed by atoms with Crippen LogP contribution >= 0.6 is 11.3 Å². The molecule has 1 aliphatic rings. The van der Waals surface area contributed by atoms with E-state index in [0.29, 0.717) is 0 Å². The minimum atomic E-state index is 1.32. The first-order valence-electron chi connectivity index (χ1n) is 6.03. The average molecular weight is 208 g/mol. The summed E-state index contributed by atoms with van der Waals surface area (Å²) in [6.07, 6.45) is 12.7. The average Bonchev–Trinajstić information content (AvgIpc) is 2.61. The van der Waals surface area contributed by atoms with Crippen LogP contribution in [0.3, 0.4) is 0 Å². The van der Waals surface area contributed by atoms with Gasteiger partial charge in [0.05, 0.1) is 0 Å². The summed E-state index contributed by atoms with van der Waals surface area (Å²) in [6, 6.07) is 4.69. The van der Waals surface area contributed by atoms with Crippen LogP contribution in [0.15, 0.2) is 12.1 Å². The Hall–Kier alpha value is -0.300. The van der Waals surface area contributed by atoms with E-state index in [0.717, 1.165) is 0 Å². The van der Waals surface area contributed by atoms with Crippen molar-refractivity contribution in [2.24, 2.45) is 0 Å². The van der Waals surface area contributed by atoms with E-state index in [-0.39, 0.29) is 0 Å². The number of thiophene rings is 1. The molecule has 0 saturated heterocycles. The molecule has 0 atom stereocenters. The quantitative estimate of drug-likeness (QED) is 0.585. The van der Waals surface area contributed by atoms with E-state index in [4.69, 9.17) is 0 Å². The Morgan fingerprint density at radius 3 is 1.57 bits per heavy atom. The Kier molecular flexibility index (Phi) is 4.05. The molecule has 0 aromatic carbocycles.